The molecule has 1 heterocycles. The summed E-state index contributed by atoms with van der Waals surface area (Å²) in [5, 5.41) is 38.8. The summed E-state index contributed by atoms with van der Waals surface area (Å²) in [6.07, 6.45) is 1.42. The zero-order valence-corrected chi connectivity index (χ0v) is 24.2. The van der Waals surface area contributed by atoms with Crippen molar-refractivity contribution in [3.05, 3.63) is 131 Å². The molecular formula is C32H25F3N2O10. The Hall–Kier alpha value is -6.38. The summed E-state index contributed by atoms with van der Waals surface area (Å²) in [5.74, 6) is -6.52. The maximum atomic E-state index is 13.0. The number of nitrogens with one attached hydrogen (secondary N) is 1. The van der Waals surface area contributed by atoms with Crippen molar-refractivity contribution < 1.29 is 62.3 Å². The highest BCUT2D eigenvalue weighted by Gasteiger charge is 2.38. The molecule has 1 aliphatic rings. The molecule has 0 aliphatic carbocycles. The molecule has 4 rings (SSSR count). The molecule has 0 atom stereocenters. The molecule has 0 unspecified atom stereocenters. The summed E-state index contributed by atoms with van der Waals surface area (Å²) in [6.45, 7) is 2.47. The Morgan fingerprint density at radius 1 is 0.851 bits per heavy atom. The molecular weight excluding hydrogens is 629 g/mol. The Labute approximate surface area is 263 Å². The number of hydrogen-bond acceptors (Lipinski definition) is 9. The van der Waals surface area contributed by atoms with Gasteiger partial charge in [0.2, 0.25) is 0 Å². The number of aliphatic carboxylic acids is 1. The van der Waals surface area contributed by atoms with E-state index in [1.54, 1.807) is 23.4 Å². The average molecular weight is 655 g/mol. The SMILES string of the molecule is CCN1C=CC=C(OC(=O)c2ccc(C(=O)c3c(O)cccc3C(=O)O)cc2)C(NC(=O)c2ccc(O)cc2)=C1.O=C(O)C(F)(F)F. The van der Waals surface area contributed by atoms with Gasteiger partial charge in [-0.05, 0) is 67.6 Å². The largest absolute Gasteiger partial charge is 0.508 e. The zero-order chi connectivity index (χ0) is 34.9. The topological polar surface area (TPSA) is 191 Å². The number of ether oxygens (including phenoxy) is 1. The van der Waals surface area contributed by atoms with E-state index >= 15 is 0 Å². The summed E-state index contributed by atoms with van der Waals surface area (Å²) in [7, 11) is 0. The Morgan fingerprint density at radius 2 is 1.43 bits per heavy atom. The van der Waals surface area contributed by atoms with Crippen LogP contribution < -0.4 is 5.32 Å². The van der Waals surface area contributed by atoms with Gasteiger partial charge >= 0.3 is 24.1 Å². The maximum absolute atomic E-state index is 13.0. The van der Waals surface area contributed by atoms with Crippen LogP contribution in [0.1, 0.15) is 53.9 Å². The van der Waals surface area contributed by atoms with Gasteiger partial charge in [-0.25, -0.2) is 14.4 Å². The van der Waals surface area contributed by atoms with Crippen LogP contribution in [-0.4, -0.2) is 67.6 Å². The van der Waals surface area contributed by atoms with Crippen LogP contribution in [0.4, 0.5) is 13.2 Å². The second-order valence-corrected chi connectivity index (χ2v) is 9.35. The fraction of sp³-hybridized carbons (Fsp3) is 0.0938. The number of carbonyl (C=O) groups excluding carboxylic acids is 3. The highest BCUT2D eigenvalue weighted by molar-refractivity contribution is 6.16. The number of allylic oxidation sites excluding steroid dienone is 2. The van der Waals surface area contributed by atoms with E-state index in [0.29, 0.717) is 6.54 Å². The van der Waals surface area contributed by atoms with E-state index in [1.807, 2.05) is 6.92 Å². The summed E-state index contributed by atoms with van der Waals surface area (Å²) in [6, 6.07) is 14.7. The quantitative estimate of drug-likeness (QED) is 0.165. The molecule has 3 aromatic carbocycles. The van der Waals surface area contributed by atoms with Crippen LogP contribution in [0.25, 0.3) is 0 Å². The van der Waals surface area contributed by atoms with Crippen molar-refractivity contribution in [1.82, 2.24) is 10.2 Å². The minimum atomic E-state index is -5.08. The van der Waals surface area contributed by atoms with Crippen molar-refractivity contribution in [2.24, 2.45) is 0 Å². The van der Waals surface area contributed by atoms with Gasteiger partial charge in [-0.15, -0.1) is 0 Å². The molecule has 0 fully saturated rings. The van der Waals surface area contributed by atoms with E-state index in [0.717, 1.165) is 0 Å². The molecule has 244 valence electrons. The van der Waals surface area contributed by atoms with Crippen LogP contribution in [0.15, 0.2) is 103 Å². The smallest absolute Gasteiger partial charge is 0.490 e. The van der Waals surface area contributed by atoms with Crippen LogP contribution in [0.3, 0.4) is 0 Å². The first-order chi connectivity index (χ1) is 22.1. The number of alkyl halides is 3. The van der Waals surface area contributed by atoms with E-state index in [-0.39, 0.29) is 45.0 Å². The molecule has 1 amide bonds. The molecule has 5 N–H and O–H groups in total. The first-order valence-corrected chi connectivity index (χ1v) is 13.3. The van der Waals surface area contributed by atoms with E-state index in [2.05, 4.69) is 5.32 Å². The van der Waals surface area contributed by atoms with Gasteiger partial charge in [0.05, 0.1) is 16.7 Å². The number of hydrogen-bond donors (Lipinski definition) is 5. The highest BCUT2D eigenvalue weighted by atomic mass is 19.4. The number of amides is 1. The van der Waals surface area contributed by atoms with Gasteiger partial charge in [-0.1, -0.05) is 18.2 Å². The van der Waals surface area contributed by atoms with Crippen molar-refractivity contribution in [3.8, 4) is 11.5 Å². The van der Waals surface area contributed by atoms with E-state index in [9.17, 15) is 47.7 Å². The van der Waals surface area contributed by atoms with Crippen LogP contribution in [-0.2, 0) is 9.53 Å². The Bertz CT molecular complexity index is 1780. The molecule has 12 nitrogen and oxygen atoms in total. The zero-order valence-electron chi connectivity index (χ0n) is 24.2. The van der Waals surface area contributed by atoms with Gasteiger partial charge < -0.3 is 35.4 Å². The molecule has 0 spiro atoms. The lowest BCUT2D eigenvalue weighted by Crippen LogP contribution is -2.26. The van der Waals surface area contributed by atoms with E-state index in [4.69, 9.17) is 14.6 Å². The number of rotatable bonds is 8. The number of ketones is 1. The molecule has 0 bridgehead atoms. The van der Waals surface area contributed by atoms with Gasteiger partial charge in [-0.3, -0.25) is 9.59 Å². The van der Waals surface area contributed by atoms with Crippen molar-refractivity contribution >= 4 is 29.6 Å². The molecule has 0 aromatic heterocycles. The Kier molecular flexibility index (Phi) is 11.3. The molecule has 1 aliphatic heterocycles. The number of carboxylic acid groups (broad SMARTS) is 2. The lowest BCUT2D eigenvalue weighted by atomic mass is 9.96. The Balaban J connectivity index is 0.000000771. The third-order valence-corrected chi connectivity index (χ3v) is 6.16. The van der Waals surface area contributed by atoms with Crippen LogP contribution >= 0.6 is 0 Å². The van der Waals surface area contributed by atoms with Crippen LogP contribution in [0, 0.1) is 0 Å². The van der Waals surface area contributed by atoms with Crippen LogP contribution in [0.5, 0.6) is 11.5 Å². The third-order valence-electron chi connectivity index (χ3n) is 6.16. The molecule has 47 heavy (non-hydrogen) atoms. The molecule has 0 saturated carbocycles. The van der Waals surface area contributed by atoms with Gasteiger partial charge in [0, 0.05) is 30.1 Å². The number of esters is 1. The number of halogens is 3. The van der Waals surface area contributed by atoms with Crippen LogP contribution in [0.2, 0.25) is 0 Å². The number of carboxylic acids is 2. The lowest BCUT2D eigenvalue weighted by molar-refractivity contribution is -0.192. The summed E-state index contributed by atoms with van der Waals surface area (Å²) in [5.41, 5.74) is -0.0846. The maximum Gasteiger partial charge on any atom is 0.490 e. The first kappa shape index (κ1) is 35.1. The highest BCUT2D eigenvalue weighted by Crippen LogP contribution is 2.25. The predicted molar refractivity (Wildman–Crippen MR) is 157 cm³/mol. The van der Waals surface area contributed by atoms with Crippen molar-refractivity contribution in [2.45, 2.75) is 13.1 Å². The van der Waals surface area contributed by atoms with Crippen molar-refractivity contribution in [2.75, 3.05) is 6.54 Å². The number of phenols is 2. The molecule has 15 heteroatoms. The van der Waals surface area contributed by atoms with Gasteiger partial charge in [-0.2, -0.15) is 13.2 Å². The second kappa shape index (κ2) is 15.1. The van der Waals surface area contributed by atoms with Crippen molar-refractivity contribution in [1.29, 1.82) is 0 Å². The average Bonchev–Trinajstić information content (AvgIpc) is 3.22. The second-order valence-electron chi connectivity index (χ2n) is 9.35. The lowest BCUT2D eigenvalue weighted by Gasteiger charge is -2.17. The van der Waals surface area contributed by atoms with Crippen molar-refractivity contribution in [3.63, 3.8) is 0 Å². The van der Waals surface area contributed by atoms with Gasteiger partial charge in [0.1, 0.15) is 17.2 Å². The molecule has 3 aromatic rings. The molecule has 0 radical (unpaired) electrons. The number of aromatic hydroxyl groups is 2. The van der Waals surface area contributed by atoms with Gasteiger partial charge in [0.15, 0.2) is 11.5 Å². The first-order valence-electron chi connectivity index (χ1n) is 13.3. The molecule has 0 saturated heterocycles. The monoisotopic (exact) mass is 654 g/mol. The summed E-state index contributed by atoms with van der Waals surface area (Å²) in [4.78, 5) is 60.9. The minimum Gasteiger partial charge on any atom is -0.508 e. The standard InChI is InChI=1S/C30H24N2O8.C2HF3O2/c1-2-32-16-4-7-25(23(17-32)31-28(36)19-12-14-21(33)15-13-19)40-30(39)20-10-8-18(9-11-20)27(35)26-22(29(37)38)5-3-6-24(26)34;3-2(4,5)1(6)7/h3-17,33-34H,2H2,1H3,(H,31,36)(H,37,38);(H,6,7). The minimum absolute atomic E-state index is 0.0109. The number of carbonyl (C=O) groups is 5. The van der Waals surface area contributed by atoms with Gasteiger partial charge in [0.25, 0.3) is 5.91 Å². The van der Waals surface area contributed by atoms with E-state index < -0.39 is 41.5 Å². The summed E-state index contributed by atoms with van der Waals surface area (Å²) >= 11 is 0. The fourth-order valence-electron chi connectivity index (χ4n) is 3.81. The number of nitrogens with zero attached hydrogens (tertiary/aromatic N) is 1. The fourth-order valence-corrected chi connectivity index (χ4v) is 3.81. The number of phenolic OH excluding ortho intramolecular Hbond substituents is 2. The summed E-state index contributed by atoms with van der Waals surface area (Å²) < 4.78 is 37.3. The number of benzene rings is 3. The Morgan fingerprint density at radius 3 is 1.98 bits per heavy atom. The number of aromatic carboxylic acids is 1. The third kappa shape index (κ3) is 9.31. The predicted octanol–water partition coefficient (Wildman–Crippen LogP) is 4.82. The van der Waals surface area contributed by atoms with E-state index in [1.165, 1.54) is 72.8 Å². The normalized spacial score (nSPS) is 12.4.